The van der Waals surface area contributed by atoms with Gasteiger partial charge in [-0.05, 0) is 0 Å². The van der Waals surface area contributed by atoms with Crippen molar-refractivity contribution in [1.82, 2.24) is 0 Å². The summed E-state index contributed by atoms with van der Waals surface area (Å²) in [5, 5.41) is 0. The van der Waals surface area contributed by atoms with Crippen LogP contribution in [0.4, 0.5) is 0 Å². The second-order valence-corrected chi connectivity index (χ2v) is 2.07. The maximum atomic E-state index is 9.85. The van der Waals surface area contributed by atoms with E-state index in [2.05, 4.69) is 9.78 Å². The Morgan fingerprint density at radius 2 is 2.38 bits per heavy atom. The average Bonchev–Trinajstić information content (AvgIpc) is 1.66. The second-order valence-electron chi connectivity index (χ2n) is 1.01. The van der Waals surface area contributed by atoms with Crippen LogP contribution in [0.5, 0.6) is 0 Å². The predicted octanol–water partition coefficient (Wildman–Crippen LogP) is -0.214. The predicted molar refractivity (Wildman–Crippen MR) is 28.6 cm³/mol. The molecule has 0 heterocycles. The van der Waals surface area contributed by atoms with Crippen LogP contribution in [0, 0.1) is 0 Å². The van der Waals surface area contributed by atoms with E-state index >= 15 is 0 Å². The minimum atomic E-state index is -1.77. The van der Waals surface area contributed by atoms with Crippen molar-refractivity contribution in [2.45, 2.75) is 0 Å². The molecule has 0 saturated heterocycles. The van der Waals surface area contributed by atoms with Crippen LogP contribution in [-0.4, -0.2) is 28.2 Å². The fourth-order valence-corrected chi connectivity index (χ4v) is 0.399. The van der Waals surface area contributed by atoms with Crippen LogP contribution >= 0.6 is 0 Å². The van der Waals surface area contributed by atoms with Gasteiger partial charge in [0.1, 0.15) is 0 Å². The molecule has 1 unspecified atom stereocenters. The smallest absolute Gasteiger partial charge is 0.155 e. The van der Waals surface area contributed by atoms with Gasteiger partial charge in [0.2, 0.25) is 0 Å². The van der Waals surface area contributed by atoms with Gasteiger partial charge in [0.05, 0.1) is 19.5 Å². The number of hydrogen-bond acceptors (Lipinski definition) is 3. The fourth-order valence-electron chi connectivity index (χ4n) is 0.189. The van der Waals surface area contributed by atoms with Gasteiger partial charge in [-0.3, -0.25) is 0 Å². The van der Waals surface area contributed by atoms with E-state index < -0.39 is 11.1 Å². The highest BCUT2D eigenvalue weighted by molar-refractivity contribution is 7.79. The summed E-state index contributed by atoms with van der Waals surface area (Å²) in [4.78, 5) is 8.44. The molecule has 0 spiro atoms. The third-order valence-electron chi connectivity index (χ3n) is 0.459. The summed E-state index contributed by atoms with van der Waals surface area (Å²) in [5.41, 5.74) is 0. The highest BCUT2D eigenvalue weighted by atomic mass is 32.2. The molecule has 1 atom stereocenters. The van der Waals surface area contributed by atoms with Crippen LogP contribution in [0.15, 0.2) is 0 Å². The summed E-state index contributed by atoms with van der Waals surface area (Å²) in [6.45, 7) is 0.152. The van der Waals surface area contributed by atoms with Gasteiger partial charge in [-0.25, -0.2) is 14.0 Å². The lowest BCUT2D eigenvalue weighted by Gasteiger charge is -1.93. The van der Waals surface area contributed by atoms with Crippen molar-refractivity contribution in [3.05, 3.63) is 0 Å². The van der Waals surface area contributed by atoms with Crippen molar-refractivity contribution in [3.63, 3.8) is 0 Å². The SMILES string of the molecule is COOCCS(=O)O. The Kier molecular flexibility index (Phi) is 5.19. The third-order valence-corrected chi connectivity index (χ3v) is 0.975. The Hall–Kier alpha value is 0.0300. The molecule has 0 bridgehead atoms. The Bertz CT molecular complexity index is 73.7. The van der Waals surface area contributed by atoms with Gasteiger partial charge in [-0.1, -0.05) is 0 Å². The van der Waals surface area contributed by atoms with Crippen LogP contribution in [0.25, 0.3) is 0 Å². The zero-order valence-corrected chi connectivity index (χ0v) is 5.31. The molecule has 50 valence electrons. The summed E-state index contributed by atoms with van der Waals surface area (Å²) >= 11 is -1.77. The standard InChI is InChI=1S/C3H8O4S/c1-6-7-2-3-8(4)5/h2-3H2,1H3,(H,4,5). The first-order valence-corrected chi connectivity index (χ1v) is 3.28. The molecular formula is C3H8O4S. The molecule has 0 saturated carbocycles. The molecule has 1 N–H and O–H groups in total. The molecule has 8 heavy (non-hydrogen) atoms. The van der Waals surface area contributed by atoms with Crippen LogP contribution in [0.3, 0.4) is 0 Å². The van der Waals surface area contributed by atoms with Crippen LogP contribution in [0.1, 0.15) is 0 Å². The average molecular weight is 140 g/mol. The second kappa shape index (κ2) is 5.17. The lowest BCUT2D eigenvalue weighted by atomic mass is 10.9. The highest BCUT2D eigenvalue weighted by Crippen LogP contribution is 1.76. The van der Waals surface area contributed by atoms with E-state index in [1.54, 1.807) is 0 Å². The van der Waals surface area contributed by atoms with Gasteiger partial charge in [0.25, 0.3) is 0 Å². The molecule has 0 fully saturated rings. The Morgan fingerprint density at radius 3 is 2.75 bits per heavy atom. The van der Waals surface area contributed by atoms with Gasteiger partial charge < -0.3 is 4.55 Å². The van der Waals surface area contributed by atoms with Gasteiger partial charge in [-0.15, -0.1) is 0 Å². The zero-order chi connectivity index (χ0) is 6.41. The summed E-state index contributed by atoms with van der Waals surface area (Å²) in [6, 6.07) is 0. The minimum Gasteiger partial charge on any atom is -0.306 e. The normalized spacial score (nSPS) is 13.8. The van der Waals surface area contributed by atoms with Crippen molar-refractivity contribution < 1.29 is 18.5 Å². The molecule has 0 radical (unpaired) electrons. The van der Waals surface area contributed by atoms with Crippen LogP contribution in [0.2, 0.25) is 0 Å². The first kappa shape index (κ1) is 8.03. The molecule has 0 aromatic heterocycles. The van der Waals surface area contributed by atoms with Crippen molar-refractivity contribution in [1.29, 1.82) is 0 Å². The van der Waals surface area contributed by atoms with E-state index in [1.807, 2.05) is 0 Å². The summed E-state index contributed by atoms with van der Waals surface area (Å²) in [7, 11) is 1.35. The quantitative estimate of drug-likeness (QED) is 0.254. The highest BCUT2D eigenvalue weighted by Gasteiger charge is 1.90. The molecule has 0 aliphatic rings. The fraction of sp³-hybridized carbons (Fsp3) is 1.00. The Labute approximate surface area is 50.0 Å². The minimum absolute atomic E-state index is 0.0911. The maximum Gasteiger partial charge on any atom is 0.155 e. The van der Waals surface area contributed by atoms with Crippen LogP contribution in [-0.2, 0) is 20.9 Å². The number of rotatable bonds is 4. The van der Waals surface area contributed by atoms with Gasteiger partial charge >= 0.3 is 0 Å². The zero-order valence-electron chi connectivity index (χ0n) is 4.49. The van der Waals surface area contributed by atoms with Crippen molar-refractivity contribution >= 4 is 11.1 Å². The van der Waals surface area contributed by atoms with Crippen molar-refractivity contribution in [2.24, 2.45) is 0 Å². The molecule has 0 aliphatic heterocycles. The summed E-state index contributed by atoms with van der Waals surface area (Å²) in [6.07, 6.45) is 0. The lowest BCUT2D eigenvalue weighted by molar-refractivity contribution is -0.267. The molecule has 4 nitrogen and oxygen atoms in total. The van der Waals surface area contributed by atoms with E-state index in [4.69, 9.17) is 4.55 Å². The largest absolute Gasteiger partial charge is 0.306 e. The number of hydrogen-bond donors (Lipinski definition) is 1. The van der Waals surface area contributed by atoms with E-state index in [9.17, 15) is 4.21 Å². The van der Waals surface area contributed by atoms with E-state index in [-0.39, 0.29) is 12.4 Å². The van der Waals surface area contributed by atoms with Crippen molar-refractivity contribution in [2.75, 3.05) is 19.5 Å². The van der Waals surface area contributed by atoms with E-state index in [1.165, 1.54) is 7.11 Å². The monoisotopic (exact) mass is 140 g/mol. The van der Waals surface area contributed by atoms with E-state index in [0.717, 1.165) is 0 Å². The first-order chi connectivity index (χ1) is 3.77. The maximum absolute atomic E-state index is 9.85. The molecule has 0 aromatic carbocycles. The molecule has 0 rings (SSSR count). The Morgan fingerprint density at radius 1 is 1.75 bits per heavy atom. The molecule has 0 amide bonds. The lowest BCUT2D eigenvalue weighted by Crippen LogP contribution is -2.03. The van der Waals surface area contributed by atoms with Crippen molar-refractivity contribution in [3.8, 4) is 0 Å². The first-order valence-electron chi connectivity index (χ1n) is 2.00. The molecular weight excluding hydrogens is 132 g/mol. The van der Waals surface area contributed by atoms with Gasteiger partial charge in [-0.2, -0.15) is 0 Å². The molecule has 0 aliphatic carbocycles. The summed E-state index contributed by atoms with van der Waals surface area (Å²) in [5.74, 6) is 0.0911. The van der Waals surface area contributed by atoms with Gasteiger partial charge in [0.15, 0.2) is 11.1 Å². The third kappa shape index (κ3) is 6.03. The molecule has 0 aromatic rings. The van der Waals surface area contributed by atoms with Gasteiger partial charge in [0, 0.05) is 0 Å². The van der Waals surface area contributed by atoms with E-state index in [0.29, 0.717) is 0 Å². The van der Waals surface area contributed by atoms with Crippen LogP contribution < -0.4 is 0 Å². The topological polar surface area (TPSA) is 55.8 Å². The summed E-state index contributed by atoms with van der Waals surface area (Å²) < 4.78 is 18.0. The Balaban J connectivity index is 2.82. The molecule has 5 heteroatoms.